The van der Waals surface area contributed by atoms with Crippen LogP contribution in [-0.2, 0) is 17.9 Å². The summed E-state index contributed by atoms with van der Waals surface area (Å²) in [5.74, 6) is -0.291. The molecule has 2 N–H and O–H groups in total. The Kier molecular flexibility index (Phi) is 5.58. The van der Waals surface area contributed by atoms with Crippen molar-refractivity contribution in [1.29, 1.82) is 0 Å². The molecule has 3 rings (SSSR count). The molecule has 1 saturated heterocycles. The predicted molar refractivity (Wildman–Crippen MR) is 95.3 cm³/mol. The molecule has 0 radical (unpaired) electrons. The molecule has 1 fully saturated rings. The van der Waals surface area contributed by atoms with Crippen LogP contribution in [0.3, 0.4) is 0 Å². The van der Waals surface area contributed by atoms with Gasteiger partial charge in [0.15, 0.2) is 0 Å². The van der Waals surface area contributed by atoms with Crippen molar-refractivity contribution in [2.45, 2.75) is 38.9 Å². The molecule has 7 heteroatoms. The molecule has 2 aromatic rings. The number of nitrogens with one attached hydrogen (secondary N) is 1. The van der Waals surface area contributed by atoms with E-state index >= 15 is 0 Å². The lowest BCUT2D eigenvalue weighted by molar-refractivity contribution is -0.119. The molecule has 0 saturated carbocycles. The molecule has 136 valence electrons. The second-order valence-corrected chi connectivity index (χ2v) is 6.41. The first-order valence-corrected chi connectivity index (χ1v) is 8.66. The Morgan fingerprint density at radius 1 is 1.31 bits per heavy atom. The minimum absolute atomic E-state index is 0.0501. The molecular formula is C19H22N4O3. The predicted octanol–water partition coefficient (Wildman–Crippen LogP) is 2.15. The molecule has 1 aliphatic heterocycles. The summed E-state index contributed by atoms with van der Waals surface area (Å²) in [5, 5.41) is 12.1. The number of hydrogen-bond acceptors (Lipinski definition) is 5. The number of likely N-dealkylation sites (tertiary alicyclic amines) is 1. The van der Waals surface area contributed by atoms with Gasteiger partial charge in [-0.05, 0) is 37.1 Å². The van der Waals surface area contributed by atoms with Crippen molar-refractivity contribution in [3.05, 3.63) is 59.2 Å². The van der Waals surface area contributed by atoms with Gasteiger partial charge in [0, 0.05) is 19.7 Å². The maximum atomic E-state index is 11.4. The first kappa shape index (κ1) is 18.0. The van der Waals surface area contributed by atoms with Crippen LogP contribution in [0, 0.1) is 0 Å². The number of carbonyl (C=O) groups is 2. The van der Waals surface area contributed by atoms with Crippen LogP contribution >= 0.6 is 0 Å². The third-order valence-corrected chi connectivity index (χ3v) is 4.53. The monoisotopic (exact) mass is 354 g/mol. The maximum absolute atomic E-state index is 11.4. The fraction of sp³-hybridized carbons (Fsp3) is 0.368. The number of hydrogen-bond donors (Lipinski definition) is 2. The van der Waals surface area contributed by atoms with E-state index in [1.807, 2.05) is 12.1 Å². The summed E-state index contributed by atoms with van der Waals surface area (Å²) in [6, 6.07) is 8.92. The Morgan fingerprint density at radius 3 is 2.88 bits per heavy atom. The summed E-state index contributed by atoms with van der Waals surface area (Å²) in [4.78, 5) is 33.8. The van der Waals surface area contributed by atoms with Crippen LogP contribution in [0.5, 0.6) is 0 Å². The molecule has 1 aromatic heterocycles. The largest absolute Gasteiger partial charge is 0.478 e. The van der Waals surface area contributed by atoms with Gasteiger partial charge in [-0.2, -0.15) is 0 Å². The van der Waals surface area contributed by atoms with E-state index in [2.05, 4.69) is 20.2 Å². The summed E-state index contributed by atoms with van der Waals surface area (Å²) in [6.45, 7) is 3.27. The van der Waals surface area contributed by atoms with E-state index in [0.29, 0.717) is 18.7 Å². The van der Waals surface area contributed by atoms with Crippen LogP contribution in [0.25, 0.3) is 0 Å². The lowest BCUT2D eigenvalue weighted by Crippen LogP contribution is -2.26. The van der Waals surface area contributed by atoms with Crippen LogP contribution in [-0.4, -0.2) is 38.4 Å². The molecule has 1 aliphatic rings. The van der Waals surface area contributed by atoms with Crippen LogP contribution in [0.15, 0.2) is 36.5 Å². The number of aromatic carboxylic acids is 1. The SMILES string of the molecule is CC(=O)NCc1ccnc(C2CCCN2Cc2ccccc2C(=O)O)n1. The molecule has 2 heterocycles. The smallest absolute Gasteiger partial charge is 0.336 e. The first-order chi connectivity index (χ1) is 12.5. The second-order valence-electron chi connectivity index (χ2n) is 6.41. The van der Waals surface area contributed by atoms with Crippen molar-refractivity contribution in [1.82, 2.24) is 20.2 Å². The highest BCUT2D eigenvalue weighted by molar-refractivity contribution is 5.89. The molecule has 7 nitrogen and oxygen atoms in total. The zero-order valence-corrected chi connectivity index (χ0v) is 14.7. The molecule has 1 aromatic carbocycles. The van der Waals surface area contributed by atoms with Gasteiger partial charge in [0.1, 0.15) is 5.82 Å². The number of rotatable bonds is 6. The Morgan fingerprint density at radius 2 is 2.12 bits per heavy atom. The third kappa shape index (κ3) is 4.23. The number of carboxylic acid groups (broad SMARTS) is 1. The molecule has 1 unspecified atom stereocenters. The van der Waals surface area contributed by atoms with Crippen molar-refractivity contribution in [3.8, 4) is 0 Å². The van der Waals surface area contributed by atoms with E-state index in [1.54, 1.807) is 24.4 Å². The van der Waals surface area contributed by atoms with Gasteiger partial charge in [0.05, 0.1) is 23.8 Å². The van der Waals surface area contributed by atoms with Crippen molar-refractivity contribution in [2.24, 2.45) is 0 Å². The number of benzene rings is 1. The van der Waals surface area contributed by atoms with E-state index in [9.17, 15) is 14.7 Å². The highest BCUT2D eigenvalue weighted by Crippen LogP contribution is 2.31. The lowest BCUT2D eigenvalue weighted by atomic mass is 10.1. The quantitative estimate of drug-likeness (QED) is 0.825. The Labute approximate surface area is 152 Å². The number of nitrogens with zero attached hydrogens (tertiary/aromatic N) is 3. The first-order valence-electron chi connectivity index (χ1n) is 8.66. The highest BCUT2D eigenvalue weighted by atomic mass is 16.4. The summed E-state index contributed by atoms with van der Waals surface area (Å²) < 4.78 is 0. The van der Waals surface area contributed by atoms with Crippen molar-refractivity contribution >= 4 is 11.9 Å². The summed E-state index contributed by atoms with van der Waals surface area (Å²) in [5.41, 5.74) is 1.89. The van der Waals surface area contributed by atoms with E-state index in [1.165, 1.54) is 6.92 Å². The summed E-state index contributed by atoms with van der Waals surface area (Å²) in [7, 11) is 0. The van der Waals surface area contributed by atoms with E-state index in [0.717, 1.165) is 36.5 Å². The zero-order valence-electron chi connectivity index (χ0n) is 14.7. The van der Waals surface area contributed by atoms with E-state index in [-0.39, 0.29) is 11.9 Å². The number of aromatic nitrogens is 2. The molecule has 1 atom stereocenters. The van der Waals surface area contributed by atoms with Crippen LogP contribution in [0.1, 0.15) is 53.2 Å². The van der Waals surface area contributed by atoms with E-state index in [4.69, 9.17) is 0 Å². The molecular weight excluding hydrogens is 332 g/mol. The van der Waals surface area contributed by atoms with Gasteiger partial charge < -0.3 is 10.4 Å². The number of carboxylic acids is 1. The lowest BCUT2D eigenvalue weighted by Gasteiger charge is -2.24. The average Bonchev–Trinajstić information content (AvgIpc) is 3.08. The summed E-state index contributed by atoms with van der Waals surface area (Å²) >= 11 is 0. The van der Waals surface area contributed by atoms with Gasteiger partial charge >= 0.3 is 5.97 Å². The van der Waals surface area contributed by atoms with E-state index < -0.39 is 5.97 Å². The standard InChI is InChI=1S/C19H22N4O3/c1-13(24)21-11-15-8-9-20-18(22-15)17-7-4-10-23(17)12-14-5-2-3-6-16(14)19(25)26/h2-3,5-6,8-9,17H,4,7,10-12H2,1H3,(H,21,24)(H,25,26). The molecule has 26 heavy (non-hydrogen) atoms. The Bertz CT molecular complexity index is 809. The number of amides is 1. The summed E-state index contributed by atoms with van der Waals surface area (Å²) in [6.07, 6.45) is 3.65. The normalized spacial score (nSPS) is 17.2. The zero-order chi connectivity index (χ0) is 18.5. The minimum Gasteiger partial charge on any atom is -0.478 e. The topological polar surface area (TPSA) is 95.4 Å². The minimum atomic E-state index is -0.912. The second kappa shape index (κ2) is 8.05. The van der Waals surface area contributed by atoms with Gasteiger partial charge in [-0.1, -0.05) is 18.2 Å². The third-order valence-electron chi connectivity index (χ3n) is 4.53. The Balaban J connectivity index is 1.78. The van der Waals surface area contributed by atoms with Gasteiger partial charge in [-0.25, -0.2) is 14.8 Å². The van der Waals surface area contributed by atoms with Crippen LogP contribution in [0.4, 0.5) is 0 Å². The van der Waals surface area contributed by atoms with Crippen molar-refractivity contribution in [3.63, 3.8) is 0 Å². The van der Waals surface area contributed by atoms with Crippen molar-refractivity contribution in [2.75, 3.05) is 6.54 Å². The molecule has 0 aliphatic carbocycles. The van der Waals surface area contributed by atoms with Gasteiger partial charge in [-0.15, -0.1) is 0 Å². The highest BCUT2D eigenvalue weighted by Gasteiger charge is 2.29. The van der Waals surface area contributed by atoms with Gasteiger partial charge in [0.2, 0.25) is 5.91 Å². The van der Waals surface area contributed by atoms with Crippen LogP contribution < -0.4 is 5.32 Å². The fourth-order valence-corrected chi connectivity index (χ4v) is 3.28. The molecule has 1 amide bonds. The molecule has 0 bridgehead atoms. The molecule has 0 spiro atoms. The Hall–Kier alpha value is -2.80. The van der Waals surface area contributed by atoms with Crippen LogP contribution in [0.2, 0.25) is 0 Å². The average molecular weight is 354 g/mol. The van der Waals surface area contributed by atoms with Gasteiger partial charge in [0.25, 0.3) is 0 Å². The maximum Gasteiger partial charge on any atom is 0.336 e. The van der Waals surface area contributed by atoms with Gasteiger partial charge in [-0.3, -0.25) is 9.69 Å². The fourth-order valence-electron chi connectivity index (χ4n) is 3.28. The van der Waals surface area contributed by atoms with Crippen molar-refractivity contribution < 1.29 is 14.7 Å². The number of carbonyl (C=O) groups excluding carboxylic acids is 1.